The number of nitrogens with one attached hydrogen (secondary N) is 1. The Kier molecular flexibility index (Phi) is 7.24. The van der Waals surface area contributed by atoms with Crippen LogP contribution in [0.1, 0.15) is 61.4 Å². The van der Waals surface area contributed by atoms with Crippen LogP contribution in [0.15, 0.2) is 58.8 Å². The van der Waals surface area contributed by atoms with Crippen molar-refractivity contribution in [1.29, 1.82) is 0 Å². The highest BCUT2D eigenvalue weighted by Crippen LogP contribution is 2.43. The summed E-state index contributed by atoms with van der Waals surface area (Å²) in [5, 5.41) is 0. The molecular weight excluding hydrogens is 482 g/mol. The fourth-order valence-electron chi connectivity index (χ4n) is 4.49. The van der Waals surface area contributed by atoms with Gasteiger partial charge in [-0.25, -0.2) is 13.2 Å². The normalized spacial score (nSPS) is 16.0. The van der Waals surface area contributed by atoms with Crippen LogP contribution in [0.2, 0.25) is 0 Å². The molecule has 0 saturated heterocycles. The maximum absolute atomic E-state index is 13.1. The number of ether oxygens (including phenoxy) is 2. The van der Waals surface area contributed by atoms with Crippen LogP contribution >= 0.6 is 11.3 Å². The first-order valence-corrected chi connectivity index (χ1v) is 13.9. The van der Waals surface area contributed by atoms with E-state index < -0.39 is 16.0 Å². The summed E-state index contributed by atoms with van der Waals surface area (Å²) < 4.78 is 38.9. The molecule has 1 aliphatic carbocycles. The largest absolute Gasteiger partial charge is 0.495 e. The molecule has 0 aliphatic heterocycles. The van der Waals surface area contributed by atoms with Gasteiger partial charge in [-0.1, -0.05) is 38.1 Å². The van der Waals surface area contributed by atoms with Gasteiger partial charge in [0.05, 0.1) is 25.5 Å². The number of carbonyl (C=O) groups is 1. The predicted octanol–water partition coefficient (Wildman–Crippen LogP) is 6.69. The summed E-state index contributed by atoms with van der Waals surface area (Å²) in [6.45, 7) is 4.69. The van der Waals surface area contributed by atoms with Gasteiger partial charge in [0.15, 0.2) is 0 Å². The zero-order valence-electron chi connectivity index (χ0n) is 20.5. The highest BCUT2D eigenvalue weighted by atomic mass is 32.2. The SMILES string of the molecule is COC(=O)c1ccc(NS(=O)(=O)c2ccc(-c3ccc(C4CCC(C)(C)CC4)cc3)s2)c(OC)c1. The molecule has 0 unspecified atom stereocenters. The molecule has 35 heavy (non-hydrogen) atoms. The van der Waals surface area contributed by atoms with Crippen LogP contribution < -0.4 is 9.46 Å². The quantitative estimate of drug-likeness (QED) is 0.356. The standard InChI is InChI=1S/C27H31NO5S2/c1-27(2)15-13-19(14-16-27)18-5-7-20(8-6-18)24-11-12-25(34-24)35(30,31)28-22-10-9-21(26(29)33-4)17-23(22)32-3/h5-12,17,19,28H,13-16H2,1-4H3. The molecule has 0 atom stereocenters. The first kappa shape index (κ1) is 25.3. The third-order valence-corrected chi connectivity index (χ3v) is 9.71. The number of hydrogen-bond donors (Lipinski definition) is 1. The highest BCUT2D eigenvalue weighted by molar-refractivity contribution is 7.94. The van der Waals surface area contributed by atoms with Crippen LogP contribution in [0, 0.1) is 5.41 Å². The van der Waals surface area contributed by atoms with Crippen LogP contribution in [-0.4, -0.2) is 28.6 Å². The van der Waals surface area contributed by atoms with Gasteiger partial charge < -0.3 is 9.47 Å². The third kappa shape index (κ3) is 5.70. The van der Waals surface area contributed by atoms with Crippen molar-refractivity contribution in [3.8, 4) is 16.2 Å². The number of rotatable bonds is 7. The number of sulfonamides is 1. The average Bonchev–Trinajstić information content (AvgIpc) is 3.35. The molecule has 1 N–H and O–H groups in total. The summed E-state index contributed by atoms with van der Waals surface area (Å²) in [4.78, 5) is 12.6. The zero-order valence-corrected chi connectivity index (χ0v) is 22.1. The molecule has 0 bridgehead atoms. The minimum Gasteiger partial charge on any atom is -0.495 e. The Labute approximate surface area is 211 Å². The van der Waals surface area contributed by atoms with Crippen molar-refractivity contribution in [2.24, 2.45) is 5.41 Å². The molecule has 0 amide bonds. The van der Waals surface area contributed by atoms with Crippen LogP contribution in [0.5, 0.6) is 5.75 Å². The summed E-state index contributed by atoms with van der Waals surface area (Å²) in [5.41, 5.74) is 3.31. The van der Waals surface area contributed by atoms with E-state index in [1.807, 2.05) is 6.07 Å². The van der Waals surface area contributed by atoms with Crippen LogP contribution in [0.3, 0.4) is 0 Å². The lowest BCUT2D eigenvalue weighted by Crippen LogP contribution is -2.20. The monoisotopic (exact) mass is 513 g/mol. The van der Waals surface area contributed by atoms with E-state index in [1.165, 1.54) is 75.0 Å². The number of methoxy groups -OCH3 is 2. The molecule has 0 radical (unpaired) electrons. The second-order valence-electron chi connectivity index (χ2n) is 9.69. The maximum atomic E-state index is 13.1. The van der Waals surface area contributed by atoms with Gasteiger partial charge in [0, 0.05) is 4.88 Å². The Hall–Kier alpha value is -2.84. The summed E-state index contributed by atoms with van der Waals surface area (Å²) in [7, 11) is -1.14. The molecule has 1 aliphatic rings. The number of esters is 1. The molecule has 1 aromatic heterocycles. The first-order valence-electron chi connectivity index (χ1n) is 11.6. The number of anilines is 1. The maximum Gasteiger partial charge on any atom is 0.337 e. The van der Waals surface area contributed by atoms with E-state index in [2.05, 4.69) is 42.8 Å². The molecule has 2 aromatic carbocycles. The number of thiophene rings is 1. The van der Waals surface area contributed by atoms with Crippen LogP contribution in [0.25, 0.3) is 10.4 Å². The fourth-order valence-corrected chi connectivity index (χ4v) is 6.87. The molecule has 1 heterocycles. The Bertz CT molecular complexity index is 1300. The van der Waals surface area contributed by atoms with Crippen molar-refractivity contribution in [1.82, 2.24) is 0 Å². The van der Waals surface area contributed by atoms with Gasteiger partial charge in [-0.05, 0) is 78.5 Å². The van der Waals surface area contributed by atoms with E-state index >= 15 is 0 Å². The van der Waals surface area contributed by atoms with E-state index in [1.54, 1.807) is 6.07 Å². The smallest absolute Gasteiger partial charge is 0.337 e. The van der Waals surface area contributed by atoms with E-state index in [0.29, 0.717) is 11.3 Å². The van der Waals surface area contributed by atoms with Crippen molar-refractivity contribution in [2.75, 3.05) is 18.9 Å². The molecule has 1 saturated carbocycles. The van der Waals surface area contributed by atoms with Crippen LogP contribution in [-0.2, 0) is 14.8 Å². The second kappa shape index (κ2) is 10.0. The Morgan fingerprint density at radius 1 is 1.00 bits per heavy atom. The van der Waals surface area contributed by atoms with Gasteiger partial charge in [0.2, 0.25) is 0 Å². The van der Waals surface area contributed by atoms with Gasteiger partial charge in [-0.15, -0.1) is 11.3 Å². The van der Waals surface area contributed by atoms with Gasteiger partial charge in [-0.3, -0.25) is 4.72 Å². The summed E-state index contributed by atoms with van der Waals surface area (Å²) in [5.74, 6) is 0.301. The number of benzene rings is 2. The minimum absolute atomic E-state index is 0.199. The topological polar surface area (TPSA) is 81.7 Å². The molecule has 6 nitrogen and oxygen atoms in total. The zero-order chi connectivity index (χ0) is 25.2. The minimum atomic E-state index is -3.84. The summed E-state index contributed by atoms with van der Waals surface area (Å²) in [6.07, 6.45) is 4.91. The lowest BCUT2D eigenvalue weighted by Gasteiger charge is -2.34. The third-order valence-electron chi connectivity index (χ3n) is 6.72. The van der Waals surface area contributed by atoms with Gasteiger partial charge >= 0.3 is 5.97 Å². The number of hydrogen-bond acceptors (Lipinski definition) is 6. The van der Waals surface area contributed by atoms with E-state index in [-0.39, 0.29) is 21.2 Å². The van der Waals surface area contributed by atoms with Crippen molar-refractivity contribution in [3.63, 3.8) is 0 Å². The van der Waals surface area contributed by atoms with E-state index in [0.717, 1.165) is 10.4 Å². The molecule has 3 aromatic rings. The summed E-state index contributed by atoms with van der Waals surface area (Å²) >= 11 is 1.21. The summed E-state index contributed by atoms with van der Waals surface area (Å²) in [6, 6.07) is 16.4. The Morgan fingerprint density at radius 3 is 2.31 bits per heavy atom. The first-order chi connectivity index (χ1) is 16.6. The molecule has 186 valence electrons. The van der Waals surface area contributed by atoms with Crippen molar-refractivity contribution in [2.45, 2.75) is 49.7 Å². The Balaban J connectivity index is 1.49. The Morgan fingerprint density at radius 2 is 1.69 bits per heavy atom. The van der Waals surface area contributed by atoms with Crippen molar-refractivity contribution in [3.05, 3.63) is 65.7 Å². The lowest BCUT2D eigenvalue weighted by atomic mass is 9.71. The molecule has 8 heteroatoms. The van der Waals surface area contributed by atoms with Crippen molar-refractivity contribution < 1.29 is 22.7 Å². The van der Waals surface area contributed by atoms with Crippen LogP contribution in [0.4, 0.5) is 5.69 Å². The molecule has 4 rings (SSSR count). The second-order valence-corrected chi connectivity index (χ2v) is 12.7. The average molecular weight is 514 g/mol. The lowest BCUT2D eigenvalue weighted by molar-refractivity contribution is 0.0600. The molecule has 1 fully saturated rings. The predicted molar refractivity (Wildman–Crippen MR) is 140 cm³/mol. The highest BCUT2D eigenvalue weighted by Gasteiger charge is 2.27. The van der Waals surface area contributed by atoms with E-state index in [4.69, 9.17) is 9.47 Å². The van der Waals surface area contributed by atoms with Gasteiger partial charge in [-0.2, -0.15) is 0 Å². The number of carbonyl (C=O) groups excluding carboxylic acids is 1. The molecular formula is C27H31NO5S2. The van der Waals surface area contributed by atoms with Gasteiger partial charge in [0.1, 0.15) is 9.96 Å². The fraction of sp³-hybridized carbons (Fsp3) is 0.370. The van der Waals surface area contributed by atoms with E-state index in [9.17, 15) is 13.2 Å². The van der Waals surface area contributed by atoms with Gasteiger partial charge in [0.25, 0.3) is 10.0 Å². The van der Waals surface area contributed by atoms with Crippen molar-refractivity contribution >= 4 is 33.0 Å². The molecule has 0 spiro atoms.